The number of hydrogen-bond donors (Lipinski definition) is 2. The number of benzene rings is 2. The Labute approximate surface area is 162 Å². The Balaban J connectivity index is 0.000000139. The molecule has 0 amide bonds. The summed E-state index contributed by atoms with van der Waals surface area (Å²) in [7, 11) is 0. The first-order valence-corrected chi connectivity index (χ1v) is 8.84. The van der Waals surface area contributed by atoms with Gasteiger partial charge >= 0.3 is 0 Å². The molecular formula is C22H19N3O3. The van der Waals surface area contributed by atoms with Crippen LogP contribution in [0.4, 0.5) is 0 Å². The molecule has 0 saturated heterocycles. The van der Waals surface area contributed by atoms with Crippen molar-refractivity contribution in [2.45, 2.75) is 6.54 Å². The van der Waals surface area contributed by atoms with Gasteiger partial charge in [0.05, 0.1) is 5.52 Å². The highest BCUT2D eigenvalue weighted by Gasteiger charge is 2.15. The molecule has 1 aromatic heterocycles. The zero-order valence-corrected chi connectivity index (χ0v) is 15.1. The van der Waals surface area contributed by atoms with Crippen molar-refractivity contribution in [3.05, 3.63) is 83.6 Å². The van der Waals surface area contributed by atoms with Gasteiger partial charge < -0.3 is 9.47 Å². The summed E-state index contributed by atoms with van der Waals surface area (Å²) in [5.41, 5.74) is 6.51. The van der Waals surface area contributed by atoms with Crippen LogP contribution in [0.1, 0.15) is 11.1 Å². The van der Waals surface area contributed by atoms with Gasteiger partial charge in [-0.2, -0.15) is 0 Å². The molecule has 0 fully saturated rings. The number of hydrogen-bond acceptors (Lipinski definition) is 6. The Bertz CT molecular complexity index is 1080. The fraction of sp³-hybridized carbons (Fsp3) is 0.0909. The lowest BCUT2D eigenvalue weighted by atomic mass is 9.98. The molecule has 3 N–H and O–H groups in total. The molecule has 140 valence electrons. The Morgan fingerprint density at radius 1 is 1.07 bits per heavy atom. The fourth-order valence-corrected chi connectivity index (χ4v) is 2.97. The Kier molecular flexibility index (Phi) is 5.14. The molecular weight excluding hydrogens is 354 g/mol. The van der Waals surface area contributed by atoms with Gasteiger partial charge in [0.1, 0.15) is 0 Å². The number of rotatable bonds is 3. The third-order valence-corrected chi connectivity index (χ3v) is 4.45. The quantitative estimate of drug-likeness (QED) is 0.417. The molecule has 0 unspecified atom stereocenters. The van der Waals surface area contributed by atoms with E-state index in [4.69, 9.17) is 15.3 Å². The number of para-hydroxylation sites is 1. The maximum Gasteiger partial charge on any atom is 0.231 e. The first-order chi connectivity index (χ1) is 13.7. The van der Waals surface area contributed by atoms with Crippen molar-refractivity contribution in [3.8, 4) is 11.5 Å². The topological polar surface area (TPSA) is 86.5 Å². The lowest BCUT2D eigenvalue weighted by Crippen LogP contribution is -2.20. The molecule has 6 heteroatoms. The summed E-state index contributed by atoms with van der Waals surface area (Å²) in [6.45, 7) is 0.942. The number of nitrogens with one attached hydrogen (secondary N) is 1. The van der Waals surface area contributed by atoms with Crippen LogP contribution in [0.2, 0.25) is 0 Å². The lowest BCUT2D eigenvalue weighted by Gasteiger charge is -2.05. The van der Waals surface area contributed by atoms with Gasteiger partial charge in [-0.25, -0.2) is 0 Å². The van der Waals surface area contributed by atoms with Crippen molar-refractivity contribution in [3.63, 3.8) is 0 Å². The highest BCUT2D eigenvalue weighted by molar-refractivity contribution is 6.16. The van der Waals surface area contributed by atoms with E-state index in [1.165, 1.54) is 5.56 Å². The molecule has 2 aromatic carbocycles. The number of nitrogens with two attached hydrogens (primary N) is 1. The van der Waals surface area contributed by atoms with Crippen molar-refractivity contribution in [2.24, 2.45) is 5.84 Å². The second-order valence-electron chi connectivity index (χ2n) is 6.28. The van der Waals surface area contributed by atoms with Gasteiger partial charge in [-0.3, -0.25) is 21.0 Å². The molecule has 0 radical (unpaired) electrons. The average molecular weight is 373 g/mol. The molecule has 0 saturated carbocycles. The monoisotopic (exact) mass is 373 g/mol. The summed E-state index contributed by atoms with van der Waals surface area (Å²) >= 11 is 0. The number of aromatic nitrogens is 1. The number of allylic oxidation sites excluding steroid dienone is 3. The molecule has 0 spiro atoms. The van der Waals surface area contributed by atoms with Crippen LogP contribution in [0.15, 0.2) is 72.5 Å². The number of nitrogens with zero attached hydrogens (tertiary/aromatic N) is 1. The number of ketones is 1. The smallest absolute Gasteiger partial charge is 0.231 e. The minimum Gasteiger partial charge on any atom is -0.454 e. The van der Waals surface area contributed by atoms with E-state index in [1.54, 1.807) is 18.3 Å². The summed E-state index contributed by atoms with van der Waals surface area (Å²) in [6.07, 6.45) is 6.99. The zero-order valence-electron chi connectivity index (χ0n) is 15.1. The Morgan fingerprint density at radius 2 is 1.93 bits per heavy atom. The summed E-state index contributed by atoms with van der Waals surface area (Å²) in [5, 5.41) is 1.16. The number of carbonyl (C=O) groups excluding carboxylic acids is 1. The highest BCUT2D eigenvalue weighted by atomic mass is 16.7. The van der Waals surface area contributed by atoms with E-state index in [9.17, 15) is 4.79 Å². The molecule has 1 aliphatic heterocycles. The Morgan fingerprint density at radius 3 is 2.71 bits per heavy atom. The van der Waals surface area contributed by atoms with Crippen LogP contribution in [0.5, 0.6) is 11.5 Å². The van der Waals surface area contributed by atoms with E-state index in [-0.39, 0.29) is 12.6 Å². The van der Waals surface area contributed by atoms with Gasteiger partial charge in [-0.15, -0.1) is 0 Å². The van der Waals surface area contributed by atoms with E-state index in [1.807, 2.05) is 48.5 Å². The van der Waals surface area contributed by atoms with Gasteiger partial charge in [-0.05, 0) is 53.6 Å². The van der Waals surface area contributed by atoms with Crippen LogP contribution in [-0.2, 0) is 11.3 Å². The number of ether oxygens (including phenoxy) is 2. The second kappa shape index (κ2) is 8.04. The van der Waals surface area contributed by atoms with E-state index < -0.39 is 0 Å². The number of hydrazine groups is 1. The number of pyridine rings is 1. The predicted molar refractivity (Wildman–Crippen MR) is 107 cm³/mol. The molecule has 6 nitrogen and oxygen atoms in total. The van der Waals surface area contributed by atoms with Crippen LogP contribution >= 0.6 is 0 Å². The summed E-state index contributed by atoms with van der Waals surface area (Å²) in [6, 6.07) is 15.6. The molecule has 1 aliphatic carbocycles. The maximum atomic E-state index is 11.1. The largest absolute Gasteiger partial charge is 0.454 e. The lowest BCUT2D eigenvalue weighted by molar-refractivity contribution is -0.111. The van der Waals surface area contributed by atoms with Crippen molar-refractivity contribution >= 4 is 22.8 Å². The molecule has 2 heterocycles. The van der Waals surface area contributed by atoms with E-state index in [0.717, 1.165) is 33.5 Å². The fourth-order valence-electron chi connectivity index (χ4n) is 2.97. The minimum absolute atomic E-state index is 0.0765. The number of fused-ring (bicyclic) bond motifs is 2. The van der Waals surface area contributed by atoms with Crippen molar-refractivity contribution in [1.29, 1.82) is 0 Å². The van der Waals surface area contributed by atoms with Gasteiger partial charge in [0.15, 0.2) is 17.3 Å². The first kappa shape index (κ1) is 17.9. The third kappa shape index (κ3) is 3.78. The predicted octanol–water partition coefficient (Wildman–Crippen LogP) is 3.14. The normalized spacial score (nSPS) is 15.3. The molecule has 28 heavy (non-hydrogen) atoms. The van der Waals surface area contributed by atoms with Crippen molar-refractivity contribution < 1.29 is 14.3 Å². The Hall–Kier alpha value is -3.48. The minimum atomic E-state index is 0.0765. The highest BCUT2D eigenvalue weighted by Crippen LogP contribution is 2.33. The van der Waals surface area contributed by atoms with Gasteiger partial charge in [0.2, 0.25) is 6.79 Å². The van der Waals surface area contributed by atoms with Crippen LogP contribution in [0.25, 0.3) is 17.0 Å². The standard InChI is InChI=1S/C12H8O3.C10H11N3/c13-10-3-2-9(10)5-8-1-4-11-12(6-8)15-7-14-11;11-13-7-8-5-6-12-10-4-2-1-3-9(8)10/h1-6H,7H2;1-6,13H,7,11H2. The van der Waals surface area contributed by atoms with Crippen LogP contribution in [0, 0.1) is 0 Å². The van der Waals surface area contributed by atoms with Crippen LogP contribution < -0.4 is 20.7 Å². The zero-order chi connectivity index (χ0) is 19.3. The first-order valence-electron chi connectivity index (χ1n) is 8.84. The summed E-state index contributed by atoms with van der Waals surface area (Å²) in [5.74, 6) is 6.85. The summed E-state index contributed by atoms with van der Waals surface area (Å²) in [4.78, 5) is 15.3. The SMILES string of the molecule is NNCc1ccnc2ccccc12.O=C1C=CC1=Cc1ccc2c(c1)OCO2. The molecule has 0 bridgehead atoms. The molecule has 5 rings (SSSR count). The van der Waals surface area contributed by atoms with Crippen LogP contribution in [-0.4, -0.2) is 17.6 Å². The van der Waals surface area contributed by atoms with Gasteiger partial charge in [-0.1, -0.05) is 24.3 Å². The van der Waals surface area contributed by atoms with Crippen molar-refractivity contribution in [1.82, 2.24) is 10.4 Å². The maximum absolute atomic E-state index is 11.1. The van der Waals surface area contributed by atoms with Gasteiger partial charge in [0.25, 0.3) is 0 Å². The van der Waals surface area contributed by atoms with Crippen LogP contribution in [0.3, 0.4) is 0 Å². The van der Waals surface area contributed by atoms with Crippen molar-refractivity contribution in [2.75, 3.05) is 6.79 Å². The average Bonchev–Trinajstić information content (AvgIpc) is 3.20. The summed E-state index contributed by atoms with van der Waals surface area (Å²) < 4.78 is 10.4. The third-order valence-electron chi connectivity index (χ3n) is 4.45. The molecule has 3 aromatic rings. The number of carbonyl (C=O) groups is 1. The molecule has 2 aliphatic rings. The second-order valence-corrected chi connectivity index (χ2v) is 6.28. The van der Waals surface area contributed by atoms with E-state index >= 15 is 0 Å². The van der Waals surface area contributed by atoms with E-state index in [2.05, 4.69) is 16.5 Å². The van der Waals surface area contributed by atoms with E-state index in [0.29, 0.717) is 6.54 Å². The van der Waals surface area contributed by atoms with Gasteiger partial charge in [0, 0.05) is 23.7 Å². The molecule has 0 atom stereocenters.